The van der Waals surface area contributed by atoms with Crippen molar-refractivity contribution in [1.29, 1.82) is 0 Å². The molecule has 0 spiro atoms. The fourth-order valence-corrected chi connectivity index (χ4v) is 1.78. The predicted molar refractivity (Wildman–Crippen MR) is 72.4 cm³/mol. The van der Waals surface area contributed by atoms with Crippen molar-refractivity contribution in [2.24, 2.45) is 5.73 Å². The van der Waals surface area contributed by atoms with Crippen molar-refractivity contribution in [2.45, 2.75) is 32.4 Å². The molecule has 0 atom stereocenters. The van der Waals surface area contributed by atoms with Crippen LogP contribution < -0.4 is 10.5 Å². The second kappa shape index (κ2) is 6.75. The zero-order valence-corrected chi connectivity index (χ0v) is 11.4. The van der Waals surface area contributed by atoms with Crippen LogP contribution >= 0.6 is 12.2 Å². The van der Waals surface area contributed by atoms with Gasteiger partial charge < -0.3 is 10.5 Å². The second-order valence-electron chi connectivity index (χ2n) is 4.12. The van der Waals surface area contributed by atoms with E-state index in [1.54, 1.807) is 0 Å². The Morgan fingerprint density at radius 1 is 1.32 bits per heavy atom. The van der Waals surface area contributed by atoms with Crippen molar-refractivity contribution in [3.63, 3.8) is 0 Å². The topological polar surface area (TPSA) is 35.2 Å². The van der Waals surface area contributed by atoms with Crippen molar-refractivity contribution in [2.75, 3.05) is 6.61 Å². The summed E-state index contributed by atoms with van der Waals surface area (Å²) in [6, 6.07) is 3.65. The maximum absolute atomic E-state index is 12.9. The molecule has 0 aliphatic carbocycles. The van der Waals surface area contributed by atoms with E-state index in [9.17, 15) is 13.2 Å². The number of hydrogen-bond donors (Lipinski definition) is 1. The molecule has 0 saturated heterocycles. The second-order valence-corrected chi connectivity index (χ2v) is 4.56. The third-order valence-electron chi connectivity index (χ3n) is 2.58. The molecule has 0 aliphatic rings. The van der Waals surface area contributed by atoms with E-state index >= 15 is 0 Å². The first kappa shape index (κ1) is 15.8. The highest BCUT2D eigenvalue weighted by atomic mass is 32.1. The lowest BCUT2D eigenvalue weighted by atomic mass is 10.1. The lowest BCUT2D eigenvalue weighted by molar-refractivity contribution is -0.137. The summed E-state index contributed by atoms with van der Waals surface area (Å²) >= 11 is 4.62. The molecule has 0 radical (unpaired) electrons. The highest BCUT2D eigenvalue weighted by molar-refractivity contribution is 7.80. The summed E-state index contributed by atoms with van der Waals surface area (Å²) < 4.78 is 43.9. The number of nitrogens with two attached hydrogens (primary N) is 1. The number of ether oxygens (including phenoxy) is 1. The zero-order chi connectivity index (χ0) is 14.5. The van der Waals surface area contributed by atoms with Gasteiger partial charge in [0.15, 0.2) is 0 Å². The summed E-state index contributed by atoms with van der Waals surface area (Å²) in [5.41, 5.74) is 4.26. The third kappa shape index (κ3) is 4.70. The number of halogens is 3. The lowest BCUT2D eigenvalue weighted by Crippen LogP contribution is -2.18. The average Bonchev–Trinajstić information content (AvgIpc) is 2.33. The Morgan fingerprint density at radius 3 is 2.53 bits per heavy atom. The molecule has 1 aromatic rings. The van der Waals surface area contributed by atoms with Gasteiger partial charge >= 0.3 is 6.18 Å². The Hall–Kier alpha value is -1.30. The van der Waals surface area contributed by atoms with Crippen molar-refractivity contribution < 1.29 is 17.9 Å². The van der Waals surface area contributed by atoms with Gasteiger partial charge in [0.1, 0.15) is 10.7 Å². The molecule has 0 aromatic heterocycles. The molecule has 0 heterocycles. The van der Waals surface area contributed by atoms with Crippen LogP contribution in [0.1, 0.15) is 37.3 Å². The fourth-order valence-electron chi connectivity index (χ4n) is 1.60. The normalized spacial score (nSPS) is 11.4. The van der Waals surface area contributed by atoms with Crippen LogP contribution in [-0.4, -0.2) is 11.6 Å². The van der Waals surface area contributed by atoms with Gasteiger partial charge in [-0.3, -0.25) is 0 Å². The van der Waals surface area contributed by atoms with E-state index in [0.717, 1.165) is 25.3 Å². The minimum Gasteiger partial charge on any atom is -0.494 e. The number of rotatable bonds is 6. The monoisotopic (exact) mass is 291 g/mol. The Kier molecular flexibility index (Phi) is 5.60. The summed E-state index contributed by atoms with van der Waals surface area (Å²) in [5.74, 6) is 0.184. The van der Waals surface area contributed by atoms with E-state index in [-0.39, 0.29) is 16.3 Å². The standard InChI is InChI=1S/C13H16F3NOS/c1-2-3-4-7-18-9-5-6-10(12(17)19)11(8-9)13(14,15)16/h5-6,8H,2-4,7H2,1H3,(H2,17,19). The van der Waals surface area contributed by atoms with E-state index in [0.29, 0.717) is 6.61 Å². The first-order chi connectivity index (χ1) is 8.86. The van der Waals surface area contributed by atoms with Gasteiger partial charge in [0, 0.05) is 5.56 Å². The maximum atomic E-state index is 12.9. The van der Waals surface area contributed by atoms with Gasteiger partial charge in [0.05, 0.1) is 12.2 Å². The summed E-state index contributed by atoms with van der Waals surface area (Å²) in [6.45, 7) is 2.44. The van der Waals surface area contributed by atoms with Gasteiger partial charge in [-0.25, -0.2) is 0 Å². The van der Waals surface area contributed by atoms with Gasteiger partial charge in [-0.15, -0.1) is 0 Å². The van der Waals surface area contributed by atoms with E-state index in [1.165, 1.54) is 12.1 Å². The molecule has 0 amide bonds. The van der Waals surface area contributed by atoms with Crippen LogP contribution in [0.2, 0.25) is 0 Å². The molecule has 0 saturated carbocycles. The Morgan fingerprint density at radius 2 is 2.00 bits per heavy atom. The summed E-state index contributed by atoms with van der Waals surface area (Å²) in [4.78, 5) is -0.273. The third-order valence-corrected chi connectivity index (χ3v) is 2.80. The van der Waals surface area contributed by atoms with Gasteiger partial charge in [-0.05, 0) is 24.6 Å². The van der Waals surface area contributed by atoms with Crippen molar-refractivity contribution in [3.8, 4) is 5.75 Å². The smallest absolute Gasteiger partial charge is 0.417 e. The number of alkyl halides is 3. The van der Waals surface area contributed by atoms with Crippen LogP contribution in [0.3, 0.4) is 0 Å². The molecule has 1 rings (SSSR count). The number of unbranched alkanes of at least 4 members (excludes halogenated alkanes) is 2. The van der Waals surface area contributed by atoms with Crippen LogP contribution in [0.15, 0.2) is 18.2 Å². The molecule has 0 unspecified atom stereocenters. The first-order valence-corrected chi connectivity index (χ1v) is 6.41. The fraction of sp³-hybridized carbons (Fsp3) is 0.462. The minimum absolute atomic E-state index is 0.177. The predicted octanol–water partition coefficient (Wildman–Crippen LogP) is 3.91. The van der Waals surface area contributed by atoms with E-state index in [4.69, 9.17) is 10.5 Å². The quantitative estimate of drug-likeness (QED) is 0.637. The molecule has 106 valence electrons. The number of thiocarbonyl (C=S) groups is 1. The van der Waals surface area contributed by atoms with Crippen LogP contribution in [-0.2, 0) is 6.18 Å². The van der Waals surface area contributed by atoms with Crippen LogP contribution in [0.25, 0.3) is 0 Å². The molecule has 2 N–H and O–H groups in total. The SMILES string of the molecule is CCCCCOc1ccc(C(N)=S)c(C(F)(F)F)c1. The van der Waals surface area contributed by atoms with Gasteiger partial charge in [-0.1, -0.05) is 32.0 Å². The Bertz CT molecular complexity index is 446. The molecule has 2 nitrogen and oxygen atoms in total. The van der Waals surface area contributed by atoms with Crippen molar-refractivity contribution >= 4 is 17.2 Å². The molecule has 1 aromatic carbocycles. The van der Waals surface area contributed by atoms with Crippen molar-refractivity contribution in [1.82, 2.24) is 0 Å². The molecule has 6 heteroatoms. The largest absolute Gasteiger partial charge is 0.494 e. The Labute approximate surface area is 115 Å². The lowest BCUT2D eigenvalue weighted by Gasteiger charge is -2.14. The van der Waals surface area contributed by atoms with Gasteiger partial charge in [0.2, 0.25) is 0 Å². The van der Waals surface area contributed by atoms with Gasteiger partial charge in [-0.2, -0.15) is 13.2 Å². The van der Waals surface area contributed by atoms with Crippen LogP contribution in [0.4, 0.5) is 13.2 Å². The van der Waals surface area contributed by atoms with Gasteiger partial charge in [0.25, 0.3) is 0 Å². The first-order valence-electron chi connectivity index (χ1n) is 6.00. The molecular formula is C13H16F3NOS. The highest BCUT2D eigenvalue weighted by Crippen LogP contribution is 2.34. The summed E-state index contributed by atoms with van der Waals surface area (Å²) in [5, 5.41) is 0. The molecule has 0 fully saturated rings. The van der Waals surface area contributed by atoms with E-state index < -0.39 is 11.7 Å². The Balaban J connectivity index is 2.90. The van der Waals surface area contributed by atoms with Crippen LogP contribution in [0.5, 0.6) is 5.75 Å². The zero-order valence-electron chi connectivity index (χ0n) is 10.6. The highest BCUT2D eigenvalue weighted by Gasteiger charge is 2.34. The van der Waals surface area contributed by atoms with Crippen molar-refractivity contribution in [3.05, 3.63) is 29.3 Å². The molecule has 19 heavy (non-hydrogen) atoms. The minimum atomic E-state index is -4.50. The van der Waals surface area contributed by atoms with E-state index in [1.807, 2.05) is 6.92 Å². The number of benzene rings is 1. The molecule has 0 aliphatic heterocycles. The molecular weight excluding hydrogens is 275 g/mol. The average molecular weight is 291 g/mol. The summed E-state index contributed by atoms with van der Waals surface area (Å²) in [7, 11) is 0. The summed E-state index contributed by atoms with van der Waals surface area (Å²) in [6.07, 6.45) is -1.68. The number of hydrogen-bond acceptors (Lipinski definition) is 2. The molecule has 0 bridgehead atoms. The van der Waals surface area contributed by atoms with Crippen LogP contribution in [0, 0.1) is 0 Å². The maximum Gasteiger partial charge on any atom is 0.417 e. The van der Waals surface area contributed by atoms with E-state index in [2.05, 4.69) is 12.2 Å².